The molecule has 3 heteroatoms. The van der Waals surface area contributed by atoms with Crippen LogP contribution in [0.1, 0.15) is 45.1 Å². The van der Waals surface area contributed by atoms with Gasteiger partial charge in [0.2, 0.25) is 0 Å². The normalized spacial score (nSPS) is 24.6. The van der Waals surface area contributed by atoms with Crippen molar-refractivity contribution < 1.29 is 14.3 Å². The maximum Gasteiger partial charge on any atom is 0.314 e. The maximum atomic E-state index is 12.8. The highest BCUT2D eigenvalue weighted by molar-refractivity contribution is 5.78. The summed E-state index contributed by atoms with van der Waals surface area (Å²) >= 11 is 0. The summed E-state index contributed by atoms with van der Waals surface area (Å²) in [5.74, 6) is 0.291. The zero-order chi connectivity index (χ0) is 16.0. The lowest BCUT2D eigenvalue weighted by Gasteiger charge is -2.32. The summed E-state index contributed by atoms with van der Waals surface area (Å²) in [6.45, 7) is 4.61. The van der Waals surface area contributed by atoms with E-state index in [9.17, 15) is 4.79 Å². The Kier molecular flexibility index (Phi) is 6.01. The smallest absolute Gasteiger partial charge is 0.314 e. The molecule has 0 aromatic heterocycles. The second-order valence-electron chi connectivity index (χ2n) is 6.75. The first-order valence-corrected chi connectivity index (χ1v) is 8.32. The van der Waals surface area contributed by atoms with Crippen LogP contribution in [0.4, 0.5) is 0 Å². The van der Waals surface area contributed by atoms with Gasteiger partial charge in [-0.1, -0.05) is 44.2 Å². The summed E-state index contributed by atoms with van der Waals surface area (Å²) in [5, 5.41) is 0. The van der Waals surface area contributed by atoms with Crippen LogP contribution in [-0.2, 0) is 20.7 Å². The average molecular weight is 304 g/mol. The fourth-order valence-corrected chi connectivity index (χ4v) is 3.40. The Bertz CT molecular complexity index is 469. The van der Waals surface area contributed by atoms with Crippen molar-refractivity contribution in [3.05, 3.63) is 35.9 Å². The molecule has 0 radical (unpaired) electrons. The summed E-state index contributed by atoms with van der Waals surface area (Å²) in [7, 11) is 1.71. The van der Waals surface area contributed by atoms with E-state index in [-0.39, 0.29) is 12.1 Å². The number of hydrogen-bond acceptors (Lipinski definition) is 3. The fraction of sp³-hybridized carbons (Fsp3) is 0.632. The van der Waals surface area contributed by atoms with Gasteiger partial charge in [-0.3, -0.25) is 4.79 Å². The molecule has 0 saturated heterocycles. The monoisotopic (exact) mass is 304 g/mol. The minimum absolute atomic E-state index is 0.0177. The van der Waals surface area contributed by atoms with Crippen LogP contribution < -0.4 is 0 Å². The van der Waals surface area contributed by atoms with Crippen molar-refractivity contribution in [2.24, 2.45) is 11.3 Å². The van der Waals surface area contributed by atoms with Gasteiger partial charge < -0.3 is 9.47 Å². The quantitative estimate of drug-likeness (QED) is 0.714. The standard InChI is InChI=1S/C19H28O3/c1-15(2)14-22-18(20)19(12-7-10-17(19)21-3)13-11-16-8-5-4-6-9-16/h4-6,8-9,15,17H,7,10-14H2,1-3H3. The zero-order valence-corrected chi connectivity index (χ0v) is 14.0. The second-order valence-corrected chi connectivity index (χ2v) is 6.75. The second kappa shape index (κ2) is 7.77. The van der Waals surface area contributed by atoms with Crippen molar-refractivity contribution in [1.82, 2.24) is 0 Å². The van der Waals surface area contributed by atoms with E-state index in [1.807, 2.05) is 18.2 Å². The molecule has 0 aliphatic heterocycles. The van der Waals surface area contributed by atoms with Gasteiger partial charge in [0, 0.05) is 7.11 Å². The van der Waals surface area contributed by atoms with E-state index in [1.54, 1.807) is 7.11 Å². The van der Waals surface area contributed by atoms with Gasteiger partial charge in [-0.05, 0) is 43.6 Å². The molecule has 1 aromatic carbocycles. The highest BCUT2D eigenvalue weighted by atomic mass is 16.5. The van der Waals surface area contributed by atoms with Crippen LogP contribution in [0.5, 0.6) is 0 Å². The van der Waals surface area contributed by atoms with Crippen LogP contribution in [-0.4, -0.2) is 25.8 Å². The average Bonchev–Trinajstić information content (AvgIpc) is 2.95. The summed E-state index contributed by atoms with van der Waals surface area (Å²) in [4.78, 5) is 12.8. The minimum atomic E-state index is -0.473. The SMILES string of the molecule is COC1CCCC1(CCc1ccccc1)C(=O)OCC(C)C. The van der Waals surface area contributed by atoms with Crippen LogP contribution in [0.2, 0.25) is 0 Å². The van der Waals surface area contributed by atoms with Crippen molar-refractivity contribution >= 4 is 5.97 Å². The largest absolute Gasteiger partial charge is 0.465 e. The highest BCUT2D eigenvalue weighted by Gasteiger charge is 2.50. The van der Waals surface area contributed by atoms with E-state index in [0.29, 0.717) is 12.5 Å². The van der Waals surface area contributed by atoms with Crippen molar-refractivity contribution in [1.29, 1.82) is 0 Å². The van der Waals surface area contributed by atoms with E-state index in [1.165, 1.54) is 5.56 Å². The first kappa shape index (κ1) is 17.0. The Labute approximate surface area is 134 Å². The number of methoxy groups -OCH3 is 1. The van der Waals surface area contributed by atoms with Gasteiger partial charge in [0.25, 0.3) is 0 Å². The number of carbonyl (C=O) groups is 1. The van der Waals surface area contributed by atoms with Crippen LogP contribution in [0, 0.1) is 11.3 Å². The predicted octanol–water partition coefficient (Wildman–Crippen LogP) is 4.00. The topological polar surface area (TPSA) is 35.5 Å². The third-order valence-corrected chi connectivity index (χ3v) is 4.65. The third-order valence-electron chi connectivity index (χ3n) is 4.65. The van der Waals surface area contributed by atoms with E-state index in [4.69, 9.17) is 9.47 Å². The highest BCUT2D eigenvalue weighted by Crippen LogP contribution is 2.45. The Morgan fingerprint density at radius 3 is 2.68 bits per heavy atom. The van der Waals surface area contributed by atoms with Crippen LogP contribution in [0.15, 0.2) is 30.3 Å². The molecule has 1 aliphatic carbocycles. The predicted molar refractivity (Wildman–Crippen MR) is 87.6 cm³/mol. The van der Waals surface area contributed by atoms with Crippen LogP contribution >= 0.6 is 0 Å². The number of carbonyl (C=O) groups excluding carboxylic acids is 1. The van der Waals surface area contributed by atoms with E-state index >= 15 is 0 Å². The molecule has 0 spiro atoms. The van der Waals surface area contributed by atoms with Crippen molar-refractivity contribution in [3.8, 4) is 0 Å². The van der Waals surface area contributed by atoms with E-state index in [2.05, 4.69) is 26.0 Å². The molecule has 3 nitrogen and oxygen atoms in total. The summed E-state index contributed by atoms with van der Waals surface area (Å²) in [6, 6.07) is 10.3. The molecule has 1 aromatic rings. The van der Waals surface area contributed by atoms with Gasteiger partial charge in [0.15, 0.2) is 0 Å². The zero-order valence-electron chi connectivity index (χ0n) is 14.0. The van der Waals surface area contributed by atoms with Crippen LogP contribution in [0.25, 0.3) is 0 Å². The molecule has 22 heavy (non-hydrogen) atoms. The minimum Gasteiger partial charge on any atom is -0.465 e. The Hall–Kier alpha value is -1.35. The molecule has 0 bridgehead atoms. The number of rotatable bonds is 7. The van der Waals surface area contributed by atoms with Gasteiger partial charge in [-0.15, -0.1) is 0 Å². The molecule has 2 atom stereocenters. The van der Waals surface area contributed by atoms with Crippen molar-refractivity contribution in [2.75, 3.05) is 13.7 Å². The molecule has 1 aliphatic rings. The molecule has 122 valence electrons. The van der Waals surface area contributed by atoms with Crippen LogP contribution in [0.3, 0.4) is 0 Å². The third kappa shape index (κ3) is 3.89. The lowest BCUT2D eigenvalue weighted by Crippen LogP contribution is -2.41. The van der Waals surface area contributed by atoms with Crippen molar-refractivity contribution in [3.63, 3.8) is 0 Å². The molecule has 1 saturated carbocycles. The number of aryl methyl sites for hydroxylation is 1. The summed E-state index contributed by atoms with van der Waals surface area (Å²) < 4.78 is 11.2. The van der Waals surface area contributed by atoms with E-state index in [0.717, 1.165) is 32.1 Å². The first-order chi connectivity index (χ1) is 10.6. The number of ether oxygens (including phenoxy) is 2. The van der Waals surface area contributed by atoms with Gasteiger partial charge in [0.1, 0.15) is 0 Å². The van der Waals surface area contributed by atoms with Gasteiger partial charge in [-0.25, -0.2) is 0 Å². The molecule has 1 fully saturated rings. The number of hydrogen-bond donors (Lipinski definition) is 0. The summed E-state index contributed by atoms with van der Waals surface area (Å²) in [6.07, 6.45) is 4.52. The number of esters is 1. The molecule has 2 rings (SSSR count). The molecule has 0 N–H and O–H groups in total. The van der Waals surface area contributed by atoms with Crippen molar-refractivity contribution in [2.45, 2.75) is 52.1 Å². The van der Waals surface area contributed by atoms with Gasteiger partial charge in [-0.2, -0.15) is 0 Å². The number of benzene rings is 1. The Balaban J connectivity index is 2.10. The lowest BCUT2D eigenvalue weighted by atomic mass is 9.78. The Morgan fingerprint density at radius 1 is 1.32 bits per heavy atom. The van der Waals surface area contributed by atoms with Gasteiger partial charge in [0.05, 0.1) is 18.1 Å². The summed E-state index contributed by atoms with van der Waals surface area (Å²) in [5.41, 5.74) is 0.791. The van der Waals surface area contributed by atoms with E-state index < -0.39 is 5.41 Å². The molecule has 0 amide bonds. The first-order valence-electron chi connectivity index (χ1n) is 8.32. The molecule has 2 unspecified atom stereocenters. The van der Waals surface area contributed by atoms with Gasteiger partial charge >= 0.3 is 5.97 Å². The molecular formula is C19H28O3. The Morgan fingerprint density at radius 2 is 2.05 bits per heavy atom. The lowest BCUT2D eigenvalue weighted by molar-refractivity contribution is -0.164. The maximum absolute atomic E-state index is 12.8. The fourth-order valence-electron chi connectivity index (χ4n) is 3.40. The molecule has 0 heterocycles. The molecular weight excluding hydrogens is 276 g/mol.